The van der Waals surface area contributed by atoms with Gasteiger partial charge in [0.25, 0.3) is 5.91 Å². The van der Waals surface area contributed by atoms with E-state index in [2.05, 4.69) is 36.2 Å². The molecule has 2 heterocycles. The quantitative estimate of drug-likeness (QED) is 0.912. The Morgan fingerprint density at radius 1 is 1.32 bits per heavy atom. The molecule has 0 aliphatic rings. The molecule has 2 aromatic heterocycles. The van der Waals surface area contributed by atoms with E-state index in [-0.39, 0.29) is 17.3 Å². The second-order valence-electron chi connectivity index (χ2n) is 3.20. The molecule has 0 atom stereocenters. The molecule has 2 rings (SSSR count). The minimum Gasteiger partial charge on any atom is -0.480 e. The average molecular weight is 345 g/mol. The van der Waals surface area contributed by atoms with Crippen LogP contribution in [0.25, 0.3) is 0 Å². The van der Waals surface area contributed by atoms with E-state index in [4.69, 9.17) is 9.47 Å². The summed E-state index contributed by atoms with van der Waals surface area (Å²) in [7, 11) is 2.83. The van der Waals surface area contributed by atoms with Gasteiger partial charge in [0.2, 0.25) is 11.8 Å². The fourth-order valence-corrected chi connectivity index (χ4v) is 2.47. The second kappa shape index (κ2) is 5.93. The summed E-state index contributed by atoms with van der Waals surface area (Å²) in [5.74, 6) is -0.170. The number of amides is 1. The minimum atomic E-state index is -0.448. The third kappa shape index (κ3) is 2.99. The maximum atomic E-state index is 12.2. The van der Waals surface area contributed by atoms with Crippen molar-refractivity contribution >= 4 is 38.3 Å². The predicted molar refractivity (Wildman–Crippen MR) is 72.9 cm³/mol. The summed E-state index contributed by atoms with van der Waals surface area (Å²) < 4.78 is 10.7. The SMILES string of the molecule is COc1ncnc(OC)c1C(=O)Nc1nc(Br)cs1. The number of aromatic nitrogens is 3. The molecule has 0 bridgehead atoms. The fourth-order valence-electron chi connectivity index (χ4n) is 1.33. The molecule has 0 saturated carbocycles. The molecular formula is C10H9BrN4O3S. The Balaban J connectivity index is 2.32. The van der Waals surface area contributed by atoms with Crippen molar-refractivity contribution in [3.8, 4) is 11.8 Å². The Kier molecular flexibility index (Phi) is 4.27. The van der Waals surface area contributed by atoms with Gasteiger partial charge in [-0.25, -0.2) is 15.0 Å². The lowest BCUT2D eigenvalue weighted by Crippen LogP contribution is -2.16. The van der Waals surface area contributed by atoms with Crippen molar-refractivity contribution in [2.75, 3.05) is 19.5 Å². The van der Waals surface area contributed by atoms with Gasteiger partial charge in [-0.15, -0.1) is 11.3 Å². The highest BCUT2D eigenvalue weighted by atomic mass is 79.9. The van der Waals surface area contributed by atoms with Gasteiger partial charge in [-0.05, 0) is 15.9 Å². The number of carbonyl (C=O) groups is 1. The summed E-state index contributed by atoms with van der Waals surface area (Å²) >= 11 is 4.50. The molecule has 1 N–H and O–H groups in total. The maximum Gasteiger partial charge on any atom is 0.268 e. The van der Waals surface area contributed by atoms with E-state index in [1.54, 1.807) is 5.38 Å². The molecule has 1 amide bonds. The fraction of sp³-hybridized carbons (Fsp3) is 0.200. The van der Waals surface area contributed by atoms with Crippen molar-refractivity contribution < 1.29 is 14.3 Å². The summed E-state index contributed by atoms with van der Waals surface area (Å²) in [5.41, 5.74) is 0.124. The van der Waals surface area contributed by atoms with Crippen LogP contribution in [-0.4, -0.2) is 35.1 Å². The van der Waals surface area contributed by atoms with Crippen molar-refractivity contribution in [2.45, 2.75) is 0 Å². The lowest BCUT2D eigenvalue weighted by Gasteiger charge is -2.09. The molecule has 0 saturated heterocycles. The Labute approximate surface area is 121 Å². The van der Waals surface area contributed by atoms with Crippen molar-refractivity contribution in [2.24, 2.45) is 0 Å². The molecule has 9 heteroatoms. The van der Waals surface area contributed by atoms with Crippen LogP contribution < -0.4 is 14.8 Å². The van der Waals surface area contributed by atoms with E-state index in [9.17, 15) is 4.79 Å². The molecule has 0 spiro atoms. The van der Waals surface area contributed by atoms with Crippen LogP contribution in [0.1, 0.15) is 10.4 Å². The lowest BCUT2D eigenvalue weighted by atomic mass is 10.3. The van der Waals surface area contributed by atoms with Crippen LogP contribution in [-0.2, 0) is 0 Å². The largest absolute Gasteiger partial charge is 0.480 e. The average Bonchev–Trinajstić information content (AvgIpc) is 2.82. The molecule has 0 aliphatic heterocycles. The monoisotopic (exact) mass is 344 g/mol. The van der Waals surface area contributed by atoms with Crippen LogP contribution in [0.3, 0.4) is 0 Å². The number of hydrogen-bond acceptors (Lipinski definition) is 7. The number of ether oxygens (including phenoxy) is 2. The Morgan fingerprint density at radius 2 is 1.95 bits per heavy atom. The number of anilines is 1. The second-order valence-corrected chi connectivity index (χ2v) is 4.87. The van der Waals surface area contributed by atoms with Gasteiger partial charge in [0, 0.05) is 5.38 Å². The molecule has 2 aromatic rings. The first-order valence-corrected chi connectivity index (χ1v) is 6.68. The van der Waals surface area contributed by atoms with Crippen molar-refractivity contribution in [1.82, 2.24) is 15.0 Å². The first-order valence-electron chi connectivity index (χ1n) is 5.01. The van der Waals surface area contributed by atoms with Gasteiger partial charge in [0.1, 0.15) is 10.9 Å². The number of hydrogen-bond donors (Lipinski definition) is 1. The smallest absolute Gasteiger partial charge is 0.268 e. The molecule has 0 fully saturated rings. The zero-order chi connectivity index (χ0) is 13.8. The standard InChI is InChI=1S/C10H9BrN4O3S/c1-17-8-6(9(18-2)13-4-12-8)7(16)15-10-14-5(11)3-19-10/h3-4H,1-2H3,(H,14,15,16). The van der Waals surface area contributed by atoms with Gasteiger partial charge in [0.05, 0.1) is 14.2 Å². The number of carbonyl (C=O) groups excluding carboxylic acids is 1. The minimum absolute atomic E-state index is 0.124. The number of nitrogens with one attached hydrogen (secondary N) is 1. The number of halogens is 1. The topological polar surface area (TPSA) is 86.2 Å². The Hall–Kier alpha value is -1.74. The highest BCUT2D eigenvalue weighted by molar-refractivity contribution is 9.10. The van der Waals surface area contributed by atoms with Crippen LogP contribution in [0.2, 0.25) is 0 Å². The van der Waals surface area contributed by atoms with Crippen LogP contribution in [0.15, 0.2) is 16.3 Å². The van der Waals surface area contributed by atoms with Crippen molar-refractivity contribution in [1.29, 1.82) is 0 Å². The number of nitrogens with zero attached hydrogens (tertiary/aromatic N) is 3. The van der Waals surface area contributed by atoms with E-state index in [1.807, 2.05) is 0 Å². The van der Waals surface area contributed by atoms with Gasteiger partial charge in [-0.3, -0.25) is 10.1 Å². The van der Waals surface area contributed by atoms with Gasteiger partial charge < -0.3 is 9.47 Å². The molecule has 19 heavy (non-hydrogen) atoms. The summed E-state index contributed by atoms with van der Waals surface area (Å²) in [6.45, 7) is 0. The van der Waals surface area contributed by atoms with Crippen LogP contribution >= 0.6 is 27.3 Å². The molecular weight excluding hydrogens is 336 g/mol. The number of methoxy groups -OCH3 is 2. The normalized spacial score (nSPS) is 10.1. The zero-order valence-corrected chi connectivity index (χ0v) is 12.4. The predicted octanol–water partition coefficient (Wildman–Crippen LogP) is 1.97. The molecule has 100 valence electrons. The highest BCUT2D eigenvalue weighted by Crippen LogP contribution is 2.26. The van der Waals surface area contributed by atoms with Crippen LogP contribution in [0.5, 0.6) is 11.8 Å². The summed E-state index contributed by atoms with van der Waals surface area (Å²) in [6, 6.07) is 0. The van der Waals surface area contributed by atoms with Crippen LogP contribution in [0.4, 0.5) is 5.13 Å². The van der Waals surface area contributed by atoms with Crippen molar-refractivity contribution in [3.05, 3.63) is 21.9 Å². The lowest BCUT2D eigenvalue weighted by molar-refractivity contribution is 0.101. The van der Waals surface area contributed by atoms with Gasteiger partial charge in [0.15, 0.2) is 10.7 Å². The van der Waals surface area contributed by atoms with Crippen molar-refractivity contribution in [3.63, 3.8) is 0 Å². The molecule has 0 aliphatic carbocycles. The Morgan fingerprint density at radius 3 is 2.42 bits per heavy atom. The Bertz CT molecular complexity index is 582. The molecule has 7 nitrogen and oxygen atoms in total. The van der Waals surface area contributed by atoms with Crippen LogP contribution in [0, 0.1) is 0 Å². The first kappa shape index (κ1) is 13.7. The molecule has 0 aromatic carbocycles. The third-order valence-electron chi connectivity index (χ3n) is 2.09. The van der Waals surface area contributed by atoms with Gasteiger partial charge in [-0.2, -0.15) is 0 Å². The zero-order valence-electron chi connectivity index (χ0n) is 10.0. The first-order chi connectivity index (χ1) is 9.15. The van der Waals surface area contributed by atoms with E-state index >= 15 is 0 Å². The number of rotatable bonds is 4. The summed E-state index contributed by atoms with van der Waals surface area (Å²) in [5, 5.41) is 4.83. The van der Waals surface area contributed by atoms with Gasteiger partial charge in [-0.1, -0.05) is 0 Å². The van der Waals surface area contributed by atoms with E-state index in [1.165, 1.54) is 31.9 Å². The number of thiazole rings is 1. The maximum absolute atomic E-state index is 12.2. The summed E-state index contributed by atoms with van der Waals surface area (Å²) in [6.07, 6.45) is 1.26. The van der Waals surface area contributed by atoms with E-state index < -0.39 is 5.91 Å². The molecule has 0 unspecified atom stereocenters. The van der Waals surface area contributed by atoms with Gasteiger partial charge >= 0.3 is 0 Å². The molecule has 0 radical (unpaired) electrons. The summed E-state index contributed by atoms with van der Waals surface area (Å²) in [4.78, 5) is 24.0. The highest BCUT2D eigenvalue weighted by Gasteiger charge is 2.21. The van der Waals surface area contributed by atoms with E-state index in [0.717, 1.165) is 0 Å². The van der Waals surface area contributed by atoms with E-state index in [0.29, 0.717) is 9.73 Å². The third-order valence-corrected chi connectivity index (χ3v) is 3.56.